The van der Waals surface area contributed by atoms with Gasteiger partial charge in [0.1, 0.15) is 17.1 Å². The maximum Gasteiger partial charge on any atom is 0.335 e. The van der Waals surface area contributed by atoms with Gasteiger partial charge in [0.25, 0.3) is 11.8 Å². The van der Waals surface area contributed by atoms with E-state index in [0.717, 1.165) is 30.8 Å². The van der Waals surface area contributed by atoms with Gasteiger partial charge in [-0.2, -0.15) is 0 Å². The highest BCUT2D eigenvalue weighted by atomic mass is 16.5. The van der Waals surface area contributed by atoms with E-state index in [1.807, 2.05) is 6.07 Å². The van der Waals surface area contributed by atoms with Crippen molar-refractivity contribution in [2.75, 3.05) is 30.0 Å². The highest BCUT2D eigenvalue weighted by Crippen LogP contribution is 2.27. The first-order valence-corrected chi connectivity index (χ1v) is 8.97. The molecule has 4 rings (SSSR count). The number of furan rings is 1. The Kier molecular flexibility index (Phi) is 4.60. The topological polar surface area (TPSA) is 92.1 Å². The van der Waals surface area contributed by atoms with Crippen molar-refractivity contribution in [3.63, 3.8) is 0 Å². The van der Waals surface area contributed by atoms with E-state index >= 15 is 0 Å². The van der Waals surface area contributed by atoms with Gasteiger partial charge in [0.05, 0.1) is 12.8 Å². The Balaban J connectivity index is 1.62. The lowest BCUT2D eigenvalue weighted by Crippen LogP contribution is -2.54. The SMILES string of the molecule is COc1ccc(N2C(=O)NC(=O)/C(=C/c3ccc(N4CCCC4)o3)C2=O)cc1. The number of benzene rings is 1. The van der Waals surface area contributed by atoms with E-state index in [1.54, 1.807) is 30.3 Å². The van der Waals surface area contributed by atoms with E-state index in [4.69, 9.17) is 9.15 Å². The Bertz CT molecular complexity index is 954. The second-order valence-electron chi connectivity index (χ2n) is 6.53. The molecule has 0 aliphatic carbocycles. The number of carbonyl (C=O) groups excluding carboxylic acids is 3. The van der Waals surface area contributed by atoms with Crippen LogP contribution in [0.5, 0.6) is 5.75 Å². The summed E-state index contributed by atoms with van der Waals surface area (Å²) in [6.45, 7) is 1.84. The van der Waals surface area contributed by atoms with Gasteiger partial charge in [-0.3, -0.25) is 14.9 Å². The number of amides is 4. The minimum absolute atomic E-state index is 0.169. The van der Waals surface area contributed by atoms with Gasteiger partial charge in [-0.1, -0.05) is 0 Å². The lowest BCUT2D eigenvalue weighted by molar-refractivity contribution is -0.122. The highest BCUT2D eigenvalue weighted by Gasteiger charge is 2.37. The lowest BCUT2D eigenvalue weighted by atomic mass is 10.1. The molecule has 28 heavy (non-hydrogen) atoms. The summed E-state index contributed by atoms with van der Waals surface area (Å²) in [5.41, 5.74) is 0.164. The maximum atomic E-state index is 12.9. The zero-order valence-electron chi connectivity index (χ0n) is 15.3. The molecule has 0 spiro atoms. The molecule has 2 saturated heterocycles. The number of ether oxygens (including phenoxy) is 1. The summed E-state index contributed by atoms with van der Waals surface area (Å²) in [7, 11) is 1.52. The fraction of sp³-hybridized carbons (Fsp3) is 0.250. The first-order valence-electron chi connectivity index (χ1n) is 8.97. The summed E-state index contributed by atoms with van der Waals surface area (Å²) in [5, 5.41) is 2.19. The molecule has 2 fully saturated rings. The van der Waals surface area contributed by atoms with Crippen molar-refractivity contribution < 1.29 is 23.5 Å². The van der Waals surface area contributed by atoms with E-state index in [1.165, 1.54) is 13.2 Å². The molecule has 0 bridgehead atoms. The quantitative estimate of drug-likeness (QED) is 0.646. The molecule has 0 unspecified atom stereocenters. The summed E-state index contributed by atoms with van der Waals surface area (Å²) < 4.78 is 10.8. The molecule has 0 radical (unpaired) electrons. The summed E-state index contributed by atoms with van der Waals surface area (Å²) in [6, 6.07) is 9.12. The Hall–Kier alpha value is -3.55. The predicted octanol–water partition coefficient (Wildman–Crippen LogP) is 2.55. The molecular formula is C20H19N3O5. The third-order valence-corrected chi connectivity index (χ3v) is 4.75. The number of imide groups is 2. The second kappa shape index (κ2) is 7.22. The molecular weight excluding hydrogens is 362 g/mol. The minimum atomic E-state index is -0.797. The minimum Gasteiger partial charge on any atom is -0.497 e. The van der Waals surface area contributed by atoms with Gasteiger partial charge in [-0.15, -0.1) is 0 Å². The fourth-order valence-electron chi connectivity index (χ4n) is 3.29. The lowest BCUT2D eigenvalue weighted by Gasteiger charge is -2.26. The van der Waals surface area contributed by atoms with E-state index in [-0.39, 0.29) is 5.57 Å². The zero-order valence-corrected chi connectivity index (χ0v) is 15.3. The van der Waals surface area contributed by atoms with Crippen LogP contribution in [0.25, 0.3) is 6.08 Å². The van der Waals surface area contributed by atoms with Crippen molar-refractivity contribution in [3.05, 3.63) is 47.7 Å². The van der Waals surface area contributed by atoms with E-state index in [0.29, 0.717) is 23.1 Å². The molecule has 0 saturated carbocycles. The fourth-order valence-corrected chi connectivity index (χ4v) is 3.29. The summed E-state index contributed by atoms with van der Waals surface area (Å²) in [6.07, 6.45) is 3.58. The summed E-state index contributed by atoms with van der Waals surface area (Å²) in [5.74, 6) is 0.211. The summed E-state index contributed by atoms with van der Waals surface area (Å²) >= 11 is 0. The zero-order chi connectivity index (χ0) is 19.7. The van der Waals surface area contributed by atoms with Crippen LogP contribution in [-0.2, 0) is 9.59 Å². The molecule has 1 aromatic heterocycles. The van der Waals surface area contributed by atoms with Crippen molar-refractivity contribution in [3.8, 4) is 5.75 Å². The molecule has 4 amide bonds. The Morgan fingerprint density at radius 2 is 1.75 bits per heavy atom. The van der Waals surface area contributed by atoms with Crippen LogP contribution in [0.4, 0.5) is 16.4 Å². The molecule has 0 atom stereocenters. The van der Waals surface area contributed by atoms with Gasteiger partial charge in [-0.05, 0) is 49.2 Å². The summed E-state index contributed by atoms with van der Waals surface area (Å²) in [4.78, 5) is 40.4. The number of hydrogen-bond donors (Lipinski definition) is 1. The number of barbiturate groups is 1. The first kappa shape index (κ1) is 17.8. The Morgan fingerprint density at radius 1 is 1.04 bits per heavy atom. The molecule has 1 aromatic carbocycles. The van der Waals surface area contributed by atoms with Crippen molar-refractivity contribution >= 4 is 35.5 Å². The van der Waals surface area contributed by atoms with Crippen LogP contribution in [0.15, 0.2) is 46.4 Å². The van der Waals surface area contributed by atoms with Gasteiger partial charge >= 0.3 is 6.03 Å². The number of methoxy groups -OCH3 is 1. The number of anilines is 2. The van der Waals surface area contributed by atoms with Gasteiger partial charge in [0, 0.05) is 19.2 Å². The first-order chi connectivity index (χ1) is 13.6. The van der Waals surface area contributed by atoms with Crippen LogP contribution >= 0.6 is 0 Å². The van der Waals surface area contributed by atoms with E-state index < -0.39 is 17.8 Å². The van der Waals surface area contributed by atoms with Crippen LogP contribution in [0.2, 0.25) is 0 Å². The van der Waals surface area contributed by atoms with Crippen LogP contribution in [0, 0.1) is 0 Å². The normalized spacial score (nSPS) is 18.8. The van der Waals surface area contributed by atoms with Crippen molar-refractivity contribution in [2.45, 2.75) is 12.8 Å². The van der Waals surface area contributed by atoms with Crippen LogP contribution in [-0.4, -0.2) is 38.0 Å². The molecule has 2 aliphatic rings. The molecule has 8 heteroatoms. The number of urea groups is 1. The van der Waals surface area contributed by atoms with E-state index in [9.17, 15) is 14.4 Å². The second-order valence-corrected chi connectivity index (χ2v) is 6.53. The van der Waals surface area contributed by atoms with E-state index in [2.05, 4.69) is 10.2 Å². The third kappa shape index (κ3) is 3.24. The molecule has 8 nitrogen and oxygen atoms in total. The standard InChI is InChI=1S/C20H19N3O5/c1-27-14-6-4-13(5-7-14)23-19(25)16(18(24)21-20(23)26)12-15-8-9-17(28-15)22-10-2-3-11-22/h4-9,12H,2-3,10-11H2,1H3,(H,21,24,26)/b16-12-. The number of carbonyl (C=O) groups is 3. The number of hydrogen-bond acceptors (Lipinski definition) is 6. The molecule has 3 heterocycles. The number of nitrogens with one attached hydrogen (secondary N) is 1. The molecule has 1 N–H and O–H groups in total. The van der Waals surface area contributed by atoms with Gasteiger partial charge < -0.3 is 14.1 Å². The molecule has 144 valence electrons. The van der Waals surface area contributed by atoms with Crippen LogP contribution < -0.4 is 19.9 Å². The van der Waals surface area contributed by atoms with Gasteiger partial charge in [-0.25, -0.2) is 9.69 Å². The third-order valence-electron chi connectivity index (χ3n) is 4.75. The molecule has 2 aromatic rings. The van der Waals surface area contributed by atoms with Gasteiger partial charge in [0.15, 0.2) is 5.88 Å². The monoisotopic (exact) mass is 381 g/mol. The molecule has 2 aliphatic heterocycles. The number of rotatable bonds is 4. The smallest absolute Gasteiger partial charge is 0.335 e. The maximum absolute atomic E-state index is 12.9. The number of nitrogens with zero attached hydrogens (tertiary/aromatic N) is 2. The predicted molar refractivity (Wildman–Crippen MR) is 102 cm³/mol. The van der Waals surface area contributed by atoms with Gasteiger partial charge in [0.2, 0.25) is 0 Å². The van der Waals surface area contributed by atoms with Crippen molar-refractivity contribution in [1.29, 1.82) is 0 Å². The Labute approximate surface area is 161 Å². The van der Waals surface area contributed by atoms with Crippen molar-refractivity contribution in [2.24, 2.45) is 0 Å². The average Bonchev–Trinajstić information content (AvgIpc) is 3.37. The highest BCUT2D eigenvalue weighted by molar-refractivity contribution is 6.39. The van der Waals surface area contributed by atoms with Crippen LogP contribution in [0.1, 0.15) is 18.6 Å². The largest absolute Gasteiger partial charge is 0.497 e. The Morgan fingerprint density at radius 3 is 2.43 bits per heavy atom. The average molecular weight is 381 g/mol. The van der Waals surface area contributed by atoms with Crippen LogP contribution in [0.3, 0.4) is 0 Å². The van der Waals surface area contributed by atoms with Crippen molar-refractivity contribution in [1.82, 2.24) is 5.32 Å².